The fourth-order valence-electron chi connectivity index (χ4n) is 3.39. The Morgan fingerprint density at radius 1 is 0.775 bits per heavy atom. The summed E-state index contributed by atoms with van der Waals surface area (Å²) < 4.78 is 6.19. The molecule has 3 N–H and O–H groups in total. The van der Waals surface area contributed by atoms with E-state index in [1.54, 1.807) is 72.8 Å². The van der Waals surface area contributed by atoms with Crippen molar-refractivity contribution in [3.63, 3.8) is 0 Å². The van der Waals surface area contributed by atoms with Gasteiger partial charge in [-0.05, 0) is 85.3 Å². The van der Waals surface area contributed by atoms with Gasteiger partial charge in [-0.15, -0.1) is 0 Å². The summed E-state index contributed by atoms with van der Waals surface area (Å²) in [6.07, 6.45) is 1.33. The molecule has 200 valence electrons. The smallest absolute Gasteiger partial charge is 0.343 e. The van der Waals surface area contributed by atoms with Gasteiger partial charge in [-0.1, -0.05) is 45.8 Å². The van der Waals surface area contributed by atoms with Crippen LogP contribution in [0.15, 0.2) is 107 Å². The van der Waals surface area contributed by atoms with Gasteiger partial charge in [0, 0.05) is 10.2 Å². The Bertz CT molecular complexity index is 1570. The molecule has 4 aromatic rings. The van der Waals surface area contributed by atoms with Crippen LogP contribution in [-0.4, -0.2) is 29.9 Å². The van der Waals surface area contributed by atoms with Gasteiger partial charge < -0.3 is 15.4 Å². The molecule has 10 heteroatoms. The van der Waals surface area contributed by atoms with E-state index in [9.17, 15) is 19.2 Å². The first-order chi connectivity index (χ1) is 19.3. The van der Waals surface area contributed by atoms with Crippen LogP contribution in [0.5, 0.6) is 5.75 Å². The van der Waals surface area contributed by atoms with Gasteiger partial charge in [0.2, 0.25) is 0 Å². The van der Waals surface area contributed by atoms with Crippen LogP contribution in [0.1, 0.15) is 31.8 Å². The third-order valence-electron chi connectivity index (χ3n) is 5.49. The Kier molecular flexibility index (Phi) is 9.16. The first kappa shape index (κ1) is 27.9. The molecule has 0 aliphatic rings. The minimum Gasteiger partial charge on any atom is -0.423 e. The molecule has 0 saturated carbocycles. The van der Waals surface area contributed by atoms with Gasteiger partial charge in [0.15, 0.2) is 0 Å². The van der Waals surface area contributed by atoms with Crippen LogP contribution in [0.4, 0.5) is 11.4 Å². The summed E-state index contributed by atoms with van der Waals surface area (Å²) in [6.45, 7) is 1.94. The fraction of sp³-hybridized carbons (Fsp3) is 0.0333. The molecule has 0 bridgehead atoms. The van der Waals surface area contributed by atoms with Crippen LogP contribution in [0.3, 0.4) is 0 Å². The van der Waals surface area contributed by atoms with Gasteiger partial charge >= 0.3 is 17.8 Å². The number of para-hydroxylation sites is 1. The second kappa shape index (κ2) is 13.1. The number of nitrogens with one attached hydrogen (secondary N) is 3. The number of hydrogen-bond donors (Lipinski definition) is 3. The van der Waals surface area contributed by atoms with Gasteiger partial charge in [0.1, 0.15) is 5.75 Å². The van der Waals surface area contributed by atoms with Crippen molar-refractivity contribution >= 4 is 57.2 Å². The summed E-state index contributed by atoms with van der Waals surface area (Å²) in [5, 5.41) is 9.00. The summed E-state index contributed by atoms with van der Waals surface area (Å²) in [7, 11) is 0. The van der Waals surface area contributed by atoms with Crippen LogP contribution in [0.25, 0.3) is 0 Å². The second-order valence-electron chi connectivity index (χ2n) is 8.48. The van der Waals surface area contributed by atoms with Crippen molar-refractivity contribution in [3.8, 4) is 5.75 Å². The van der Waals surface area contributed by atoms with Crippen molar-refractivity contribution in [2.75, 3.05) is 10.6 Å². The van der Waals surface area contributed by atoms with E-state index >= 15 is 0 Å². The molecule has 4 aromatic carbocycles. The molecule has 0 saturated heterocycles. The van der Waals surface area contributed by atoms with Crippen molar-refractivity contribution in [1.82, 2.24) is 5.43 Å². The van der Waals surface area contributed by atoms with Crippen molar-refractivity contribution in [2.45, 2.75) is 6.92 Å². The van der Waals surface area contributed by atoms with E-state index in [1.165, 1.54) is 18.3 Å². The fourth-order valence-corrected chi connectivity index (χ4v) is 3.66. The van der Waals surface area contributed by atoms with Gasteiger partial charge in [-0.3, -0.25) is 14.4 Å². The second-order valence-corrected chi connectivity index (χ2v) is 9.40. The molecule has 0 atom stereocenters. The average Bonchev–Trinajstić information content (AvgIpc) is 2.95. The number of halogens is 1. The number of hydrogen-bond acceptors (Lipinski definition) is 6. The van der Waals surface area contributed by atoms with Gasteiger partial charge in [-0.25, -0.2) is 10.2 Å². The molecule has 3 amide bonds. The van der Waals surface area contributed by atoms with E-state index in [1.807, 2.05) is 19.1 Å². The van der Waals surface area contributed by atoms with Crippen molar-refractivity contribution in [1.29, 1.82) is 0 Å². The lowest BCUT2D eigenvalue weighted by molar-refractivity contribution is -0.136. The molecular formula is C30H23BrN4O5. The first-order valence-corrected chi connectivity index (χ1v) is 12.8. The predicted molar refractivity (Wildman–Crippen MR) is 155 cm³/mol. The molecule has 0 heterocycles. The number of anilines is 2. The lowest BCUT2D eigenvalue weighted by Crippen LogP contribution is -2.33. The van der Waals surface area contributed by atoms with Crippen molar-refractivity contribution in [3.05, 3.63) is 124 Å². The number of rotatable bonds is 7. The zero-order valence-corrected chi connectivity index (χ0v) is 22.8. The SMILES string of the molecule is Cc1ccc(NC(=O)c2ccccc2NC(=O)C(=O)NN=Cc2ccc(OC(=O)c3ccc(Br)cc3)cc2)cc1. The van der Waals surface area contributed by atoms with E-state index < -0.39 is 23.7 Å². The number of carbonyl (C=O) groups excluding carboxylic acids is 4. The molecule has 0 spiro atoms. The number of benzene rings is 4. The molecule has 9 nitrogen and oxygen atoms in total. The zero-order chi connectivity index (χ0) is 28.5. The molecule has 0 radical (unpaired) electrons. The van der Waals surface area contributed by atoms with E-state index in [0.29, 0.717) is 22.6 Å². The molecule has 0 unspecified atom stereocenters. The zero-order valence-electron chi connectivity index (χ0n) is 21.2. The Balaban J connectivity index is 1.30. The van der Waals surface area contributed by atoms with Crippen molar-refractivity contribution in [2.24, 2.45) is 5.10 Å². The molecule has 0 aliphatic heterocycles. The highest BCUT2D eigenvalue weighted by molar-refractivity contribution is 9.10. The van der Waals surface area contributed by atoms with Crippen LogP contribution in [-0.2, 0) is 9.59 Å². The molecule has 0 aromatic heterocycles. The highest BCUT2D eigenvalue weighted by atomic mass is 79.9. The Hall–Kier alpha value is -5.09. The largest absolute Gasteiger partial charge is 0.423 e. The third-order valence-corrected chi connectivity index (χ3v) is 6.01. The number of hydrazone groups is 1. The molecular weight excluding hydrogens is 576 g/mol. The maximum Gasteiger partial charge on any atom is 0.343 e. The third kappa shape index (κ3) is 7.71. The predicted octanol–water partition coefficient (Wildman–Crippen LogP) is 5.32. The highest BCUT2D eigenvalue weighted by Gasteiger charge is 2.18. The van der Waals surface area contributed by atoms with E-state index in [0.717, 1.165) is 10.0 Å². The minimum atomic E-state index is -1.02. The van der Waals surface area contributed by atoms with Crippen LogP contribution >= 0.6 is 15.9 Å². The average molecular weight is 599 g/mol. The molecule has 0 fully saturated rings. The van der Waals surface area contributed by atoms with E-state index in [4.69, 9.17) is 4.74 Å². The summed E-state index contributed by atoms with van der Waals surface area (Å²) in [5.74, 6) is -2.63. The highest BCUT2D eigenvalue weighted by Crippen LogP contribution is 2.18. The quantitative estimate of drug-likeness (QED) is 0.0872. The lowest BCUT2D eigenvalue weighted by atomic mass is 10.1. The van der Waals surface area contributed by atoms with E-state index in [-0.39, 0.29) is 11.3 Å². The number of esters is 1. The molecule has 0 aliphatic carbocycles. The summed E-state index contributed by atoms with van der Waals surface area (Å²) >= 11 is 3.31. The lowest BCUT2D eigenvalue weighted by Gasteiger charge is -2.11. The Morgan fingerprint density at radius 3 is 2.15 bits per heavy atom. The van der Waals surface area contributed by atoms with E-state index in [2.05, 4.69) is 37.1 Å². The Labute approximate surface area is 238 Å². The standard InChI is InChI=1S/C30H23BrN4O5/c1-19-6-14-23(15-7-19)33-27(36)25-4-2-3-5-26(25)34-28(37)29(38)35-32-18-20-8-16-24(17-9-20)40-30(39)21-10-12-22(31)13-11-21/h2-18H,1H3,(H,33,36)(H,34,37)(H,35,38). The van der Waals surface area contributed by atoms with Crippen LogP contribution in [0.2, 0.25) is 0 Å². The number of ether oxygens (including phenoxy) is 1. The maximum atomic E-state index is 12.8. The van der Waals surface area contributed by atoms with Crippen LogP contribution in [0, 0.1) is 6.92 Å². The topological polar surface area (TPSA) is 126 Å². The Morgan fingerprint density at radius 2 is 1.45 bits per heavy atom. The molecule has 40 heavy (non-hydrogen) atoms. The first-order valence-electron chi connectivity index (χ1n) is 12.0. The molecule has 4 rings (SSSR count). The monoisotopic (exact) mass is 598 g/mol. The number of aryl methyl sites for hydroxylation is 1. The minimum absolute atomic E-state index is 0.171. The number of carbonyl (C=O) groups is 4. The van der Waals surface area contributed by atoms with Crippen LogP contribution < -0.4 is 20.8 Å². The maximum absolute atomic E-state index is 12.8. The summed E-state index contributed by atoms with van der Waals surface area (Å²) in [4.78, 5) is 49.7. The van der Waals surface area contributed by atoms with Gasteiger partial charge in [0.25, 0.3) is 5.91 Å². The van der Waals surface area contributed by atoms with Gasteiger partial charge in [0.05, 0.1) is 23.0 Å². The number of nitrogens with zero attached hydrogens (tertiary/aromatic N) is 1. The normalized spacial score (nSPS) is 10.6. The van der Waals surface area contributed by atoms with Gasteiger partial charge in [-0.2, -0.15) is 5.10 Å². The van der Waals surface area contributed by atoms with Crippen molar-refractivity contribution < 1.29 is 23.9 Å². The summed E-state index contributed by atoms with van der Waals surface area (Å²) in [5.41, 5.74) is 5.15. The number of amides is 3. The summed E-state index contributed by atoms with van der Waals surface area (Å²) in [6, 6.07) is 26.8.